The minimum atomic E-state index is -0.103. The van der Waals surface area contributed by atoms with Crippen LogP contribution in [0.2, 0.25) is 0 Å². The maximum Gasteiger partial charge on any atom is 0.259 e. The van der Waals surface area contributed by atoms with Crippen molar-refractivity contribution in [3.05, 3.63) is 46.6 Å². The molecule has 148 valence electrons. The van der Waals surface area contributed by atoms with Gasteiger partial charge in [-0.25, -0.2) is 0 Å². The Bertz CT molecular complexity index is 851. The lowest BCUT2D eigenvalue weighted by molar-refractivity contribution is 0.0302. The van der Waals surface area contributed by atoms with Gasteiger partial charge in [-0.1, -0.05) is 5.16 Å². The van der Waals surface area contributed by atoms with Gasteiger partial charge < -0.3 is 19.1 Å². The van der Waals surface area contributed by atoms with Gasteiger partial charge in [0.2, 0.25) is 0 Å². The van der Waals surface area contributed by atoms with Gasteiger partial charge in [0.15, 0.2) is 0 Å². The zero-order chi connectivity index (χ0) is 19.7. The van der Waals surface area contributed by atoms with Gasteiger partial charge in [0, 0.05) is 25.8 Å². The van der Waals surface area contributed by atoms with E-state index in [0.29, 0.717) is 55.4 Å². The molecule has 0 radical (unpaired) electrons. The summed E-state index contributed by atoms with van der Waals surface area (Å²) in [6, 6.07) is 3.56. The Kier molecular flexibility index (Phi) is 5.13. The van der Waals surface area contributed by atoms with Crippen molar-refractivity contribution >= 4 is 11.8 Å². The summed E-state index contributed by atoms with van der Waals surface area (Å²) in [5.74, 6) is 0.430. The summed E-state index contributed by atoms with van der Waals surface area (Å²) < 4.78 is 10.4. The number of hydrogen-bond donors (Lipinski definition) is 0. The molecule has 0 N–H and O–H groups in total. The SMILES string of the molecule is Cc1noc(C)c1C(=O)N1CCC[C@@H]1c1ccc(C(=O)N2CCOCC2)cn1. The van der Waals surface area contributed by atoms with E-state index in [2.05, 4.69) is 10.1 Å². The molecule has 8 nitrogen and oxygen atoms in total. The van der Waals surface area contributed by atoms with Crippen molar-refractivity contribution in [2.45, 2.75) is 32.7 Å². The van der Waals surface area contributed by atoms with Crippen LogP contribution in [-0.4, -0.2) is 64.6 Å². The molecule has 2 saturated heterocycles. The molecule has 2 aromatic heterocycles. The predicted molar refractivity (Wildman–Crippen MR) is 99.9 cm³/mol. The normalized spacial score (nSPS) is 19.9. The van der Waals surface area contributed by atoms with Gasteiger partial charge in [-0.15, -0.1) is 0 Å². The minimum Gasteiger partial charge on any atom is -0.378 e. The Hall–Kier alpha value is -2.74. The van der Waals surface area contributed by atoms with Crippen LogP contribution < -0.4 is 0 Å². The summed E-state index contributed by atoms with van der Waals surface area (Å²) in [6.07, 6.45) is 3.37. The number of hydrogen-bond acceptors (Lipinski definition) is 6. The molecule has 2 aliphatic rings. The van der Waals surface area contributed by atoms with Crippen LogP contribution in [0, 0.1) is 13.8 Å². The molecule has 8 heteroatoms. The molecule has 28 heavy (non-hydrogen) atoms. The van der Waals surface area contributed by atoms with E-state index in [-0.39, 0.29) is 17.9 Å². The third-order valence-electron chi connectivity index (χ3n) is 5.43. The second-order valence-electron chi connectivity index (χ2n) is 7.23. The average Bonchev–Trinajstić information content (AvgIpc) is 3.34. The molecule has 1 atom stereocenters. The highest BCUT2D eigenvalue weighted by atomic mass is 16.5. The van der Waals surface area contributed by atoms with Gasteiger partial charge in [-0.3, -0.25) is 14.6 Å². The minimum absolute atomic E-state index is 0.0302. The number of nitrogens with zero attached hydrogens (tertiary/aromatic N) is 4. The van der Waals surface area contributed by atoms with E-state index in [9.17, 15) is 9.59 Å². The maximum absolute atomic E-state index is 13.0. The van der Waals surface area contributed by atoms with Crippen molar-refractivity contribution in [3.8, 4) is 0 Å². The largest absolute Gasteiger partial charge is 0.378 e. The van der Waals surface area contributed by atoms with Gasteiger partial charge in [0.1, 0.15) is 11.3 Å². The Balaban J connectivity index is 1.51. The van der Waals surface area contributed by atoms with Crippen LogP contribution in [0.1, 0.15) is 56.7 Å². The Labute approximate surface area is 163 Å². The van der Waals surface area contributed by atoms with Crippen LogP contribution in [0.4, 0.5) is 0 Å². The molecule has 2 aliphatic heterocycles. The fraction of sp³-hybridized carbons (Fsp3) is 0.500. The summed E-state index contributed by atoms with van der Waals surface area (Å²) in [7, 11) is 0. The van der Waals surface area contributed by atoms with E-state index >= 15 is 0 Å². The van der Waals surface area contributed by atoms with Gasteiger partial charge in [0.05, 0.1) is 36.2 Å². The monoisotopic (exact) mass is 384 g/mol. The number of amides is 2. The molecule has 4 heterocycles. The topological polar surface area (TPSA) is 88.8 Å². The second-order valence-corrected chi connectivity index (χ2v) is 7.23. The molecule has 0 unspecified atom stereocenters. The number of aromatic nitrogens is 2. The highest BCUT2D eigenvalue weighted by Gasteiger charge is 2.34. The first-order valence-electron chi connectivity index (χ1n) is 9.63. The molecular weight excluding hydrogens is 360 g/mol. The third kappa shape index (κ3) is 3.40. The van der Waals surface area contributed by atoms with E-state index < -0.39 is 0 Å². The lowest BCUT2D eigenvalue weighted by atomic mass is 10.1. The van der Waals surface area contributed by atoms with Crippen LogP contribution in [-0.2, 0) is 4.74 Å². The number of ether oxygens (including phenoxy) is 1. The Morgan fingerprint density at radius 2 is 1.89 bits per heavy atom. The molecule has 0 saturated carbocycles. The van der Waals surface area contributed by atoms with Crippen LogP contribution in [0.15, 0.2) is 22.9 Å². The zero-order valence-electron chi connectivity index (χ0n) is 16.2. The molecule has 0 aromatic carbocycles. The van der Waals surface area contributed by atoms with E-state index in [0.717, 1.165) is 18.5 Å². The summed E-state index contributed by atoms with van der Waals surface area (Å²) >= 11 is 0. The summed E-state index contributed by atoms with van der Waals surface area (Å²) in [5, 5.41) is 3.89. The van der Waals surface area contributed by atoms with Crippen molar-refractivity contribution in [2.24, 2.45) is 0 Å². The smallest absolute Gasteiger partial charge is 0.259 e. The Morgan fingerprint density at radius 3 is 2.54 bits per heavy atom. The van der Waals surface area contributed by atoms with Crippen LogP contribution in [0.5, 0.6) is 0 Å². The van der Waals surface area contributed by atoms with Gasteiger partial charge in [0.25, 0.3) is 11.8 Å². The summed E-state index contributed by atoms with van der Waals surface area (Å²) in [4.78, 5) is 33.8. The van der Waals surface area contributed by atoms with Crippen molar-refractivity contribution in [2.75, 3.05) is 32.8 Å². The lowest BCUT2D eigenvalue weighted by Gasteiger charge is -2.27. The van der Waals surface area contributed by atoms with E-state index in [4.69, 9.17) is 9.26 Å². The highest BCUT2D eigenvalue weighted by Crippen LogP contribution is 2.33. The number of morpholine rings is 1. The first-order valence-corrected chi connectivity index (χ1v) is 9.63. The number of likely N-dealkylation sites (tertiary alicyclic amines) is 1. The number of aryl methyl sites for hydroxylation is 2. The van der Waals surface area contributed by atoms with Gasteiger partial charge in [-0.05, 0) is 38.8 Å². The molecular formula is C20H24N4O4. The predicted octanol–water partition coefficient (Wildman–Crippen LogP) is 2.14. The fourth-order valence-corrected chi connectivity index (χ4v) is 3.93. The maximum atomic E-state index is 13.0. The third-order valence-corrected chi connectivity index (χ3v) is 5.43. The van der Waals surface area contributed by atoms with Crippen molar-refractivity contribution in [3.63, 3.8) is 0 Å². The van der Waals surface area contributed by atoms with Crippen LogP contribution in [0.25, 0.3) is 0 Å². The number of carbonyl (C=O) groups is 2. The van der Waals surface area contributed by atoms with Crippen molar-refractivity contribution < 1.29 is 18.8 Å². The Morgan fingerprint density at radius 1 is 1.11 bits per heavy atom. The molecule has 4 rings (SSSR count). The lowest BCUT2D eigenvalue weighted by Crippen LogP contribution is -2.40. The van der Waals surface area contributed by atoms with E-state index in [1.807, 2.05) is 11.0 Å². The molecule has 0 bridgehead atoms. The fourth-order valence-electron chi connectivity index (χ4n) is 3.93. The van der Waals surface area contributed by atoms with E-state index in [1.54, 1.807) is 31.0 Å². The first-order chi connectivity index (χ1) is 13.6. The van der Waals surface area contributed by atoms with Gasteiger partial charge >= 0.3 is 0 Å². The number of pyridine rings is 1. The first kappa shape index (κ1) is 18.6. The molecule has 2 amide bonds. The van der Waals surface area contributed by atoms with Gasteiger partial charge in [-0.2, -0.15) is 0 Å². The van der Waals surface area contributed by atoms with Crippen molar-refractivity contribution in [1.29, 1.82) is 0 Å². The standard InChI is InChI=1S/C20H24N4O4/c1-13-18(14(2)28-22-13)20(26)24-7-3-4-17(24)16-6-5-15(12-21-16)19(25)23-8-10-27-11-9-23/h5-6,12,17H,3-4,7-11H2,1-2H3/t17-/m1/s1. The van der Waals surface area contributed by atoms with Crippen LogP contribution in [0.3, 0.4) is 0 Å². The van der Waals surface area contributed by atoms with Crippen LogP contribution >= 0.6 is 0 Å². The van der Waals surface area contributed by atoms with Crippen molar-refractivity contribution in [1.82, 2.24) is 19.9 Å². The summed E-state index contributed by atoms with van der Waals surface area (Å²) in [6.45, 7) is 6.54. The number of rotatable bonds is 3. The second kappa shape index (κ2) is 7.71. The average molecular weight is 384 g/mol. The summed E-state index contributed by atoms with van der Waals surface area (Å²) in [5.41, 5.74) is 2.50. The molecule has 0 spiro atoms. The zero-order valence-corrected chi connectivity index (χ0v) is 16.2. The molecule has 0 aliphatic carbocycles. The molecule has 2 fully saturated rings. The quantitative estimate of drug-likeness (QED) is 0.806. The van der Waals surface area contributed by atoms with E-state index in [1.165, 1.54) is 0 Å². The highest BCUT2D eigenvalue weighted by molar-refractivity contribution is 5.96. The molecule has 2 aromatic rings. The number of carbonyl (C=O) groups excluding carboxylic acids is 2.